The molecule has 5 nitrogen and oxygen atoms in total. The molecule has 112 valence electrons. The first kappa shape index (κ1) is 14.1. The first-order valence-corrected chi connectivity index (χ1v) is 7.64. The first-order valence-electron chi connectivity index (χ1n) is 7.64. The van der Waals surface area contributed by atoms with Gasteiger partial charge in [0, 0.05) is 33.1 Å². The van der Waals surface area contributed by atoms with Gasteiger partial charge in [-0.3, -0.25) is 4.79 Å². The molecular weight excluding hydrogens is 264 g/mol. The zero-order chi connectivity index (χ0) is 14.7. The lowest BCUT2D eigenvalue weighted by atomic mass is 10.3. The Kier molecular flexibility index (Phi) is 4.20. The maximum atomic E-state index is 11.9. The van der Waals surface area contributed by atoms with Crippen LogP contribution < -0.4 is 5.32 Å². The van der Waals surface area contributed by atoms with Crippen molar-refractivity contribution in [3.05, 3.63) is 30.1 Å². The van der Waals surface area contributed by atoms with Crippen LogP contribution in [0.15, 0.2) is 24.3 Å². The van der Waals surface area contributed by atoms with Crippen LogP contribution in [0.4, 0.5) is 0 Å². The molecule has 1 aromatic carbocycles. The molecule has 1 saturated heterocycles. The Hall–Kier alpha value is -1.88. The molecule has 0 spiro atoms. The number of imidazole rings is 1. The van der Waals surface area contributed by atoms with Gasteiger partial charge in [-0.2, -0.15) is 0 Å². The van der Waals surface area contributed by atoms with E-state index in [1.807, 2.05) is 30.1 Å². The number of carbonyl (C=O) groups excluding carboxylic acids is 1. The van der Waals surface area contributed by atoms with Crippen molar-refractivity contribution < 1.29 is 4.79 Å². The molecule has 0 bridgehead atoms. The van der Waals surface area contributed by atoms with Crippen molar-refractivity contribution in [2.24, 2.45) is 7.05 Å². The number of carbonyl (C=O) groups is 1. The third-order valence-corrected chi connectivity index (χ3v) is 4.14. The summed E-state index contributed by atoms with van der Waals surface area (Å²) in [6, 6.07) is 8.12. The average Bonchev–Trinajstić information content (AvgIpc) is 3.13. The van der Waals surface area contributed by atoms with Crippen LogP contribution in [0, 0.1) is 0 Å². The second-order valence-corrected chi connectivity index (χ2v) is 5.59. The third-order valence-electron chi connectivity index (χ3n) is 4.14. The number of fused-ring (bicyclic) bond motifs is 1. The van der Waals surface area contributed by atoms with Crippen molar-refractivity contribution in [2.45, 2.75) is 25.8 Å². The lowest BCUT2D eigenvalue weighted by Crippen LogP contribution is -2.30. The topological polar surface area (TPSA) is 50.2 Å². The van der Waals surface area contributed by atoms with Gasteiger partial charge in [-0.25, -0.2) is 4.98 Å². The lowest BCUT2D eigenvalue weighted by Gasteiger charge is -2.15. The Morgan fingerprint density at radius 1 is 1.29 bits per heavy atom. The van der Waals surface area contributed by atoms with E-state index in [4.69, 9.17) is 0 Å². The Morgan fingerprint density at radius 3 is 2.81 bits per heavy atom. The summed E-state index contributed by atoms with van der Waals surface area (Å²) in [4.78, 5) is 18.5. The number of rotatable bonds is 5. The summed E-state index contributed by atoms with van der Waals surface area (Å²) in [6.07, 6.45) is 2.88. The van der Waals surface area contributed by atoms with E-state index < -0.39 is 0 Å². The number of aromatic nitrogens is 2. The summed E-state index contributed by atoms with van der Waals surface area (Å²) in [5.74, 6) is 1.27. The summed E-state index contributed by atoms with van der Waals surface area (Å²) >= 11 is 0. The van der Waals surface area contributed by atoms with Crippen LogP contribution >= 0.6 is 0 Å². The van der Waals surface area contributed by atoms with E-state index in [2.05, 4.69) is 20.9 Å². The molecule has 0 atom stereocenters. The standard InChI is InChI=1S/C16H22N4O/c1-19-14-7-3-2-6-13(14)18-15(19)12-17-9-8-16(21)20-10-4-5-11-20/h2-3,6-7,17H,4-5,8-12H2,1H3. The van der Waals surface area contributed by atoms with Crippen LogP contribution in [0.2, 0.25) is 0 Å². The Balaban J connectivity index is 1.50. The van der Waals surface area contributed by atoms with E-state index in [0.717, 1.165) is 42.8 Å². The first-order chi connectivity index (χ1) is 10.3. The minimum Gasteiger partial charge on any atom is -0.343 e. The number of aryl methyl sites for hydroxylation is 1. The van der Waals surface area contributed by atoms with Gasteiger partial charge in [-0.1, -0.05) is 12.1 Å². The minimum absolute atomic E-state index is 0.269. The number of amides is 1. The molecular formula is C16H22N4O. The minimum atomic E-state index is 0.269. The number of hydrogen-bond donors (Lipinski definition) is 1. The second kappa shape index (κ2) is 6.26. The van der Waals surface area contributed by atoms with Gasteiger partial charge in [0.1, 0.15) is 5.82 Å². The van der Waals surface area contributed by atoms with Crippen LogP contribution in [0.5, 0.6) is 0 Å². The highest BCUT2D eigenvalue weighted by Gasteiger charge is 2.17. The molecule has 1 aromatic heterocycles. The average molecular weight is 286 g/mol. The van der Waals surface area contributed by atoms with Gasteiger partial charge in [0.15, 0.2) is 0 Å². The maximum absolute atomic E-state index is 11.9. The monoisotopic (exact) mass is 286 g/mol. The molecule has 1 N–H and O–H groups in total. The molecule has 2 aromatic rings. The highest BCUT2D eigenvalue weighted by Crippen LogP contribution is 2.14. The van der Waals surface area contributed by atoms with Gasteiger partial charge < -0.3 is 14.8 Å². The van der Waals surface area contributed by atoms with Crippen molar-refractivity contribution in [1.82, 2.24) is 19.8 Å². The molecule has 21 heavy (non-hydrogen) atoms. The van der Waals surface area contributed by atoms with Crippen LogP contribution in [-0.2, 0) is 18.4 Å². The Labute approximate surface area is 125 Å². The van der Waals surface area contributed by atoms with Crippen LogP contribution in [0.25, 0.3) is 11.0 Å². The Bertz CT molecular complexity index is 628. The fraction of sp³-hybridized carbons (Fsp3) is 0.500. The van der Waals surface area contributed by atoms with Gasteiger partial charge in [-0.15, -0.1) is 0 Å². The normalized spacial score (nSPS) is 15.0. The number of nitrogens with zero attached hydrogens (tertiary/aromatic N) is 3. The second-order valence-electron chi connectivity index (χ2n) is 5.59. The van der Waals surface area contributed by atoms with Gasteiger partial charge in [0.25, 0.3) is 0 Å². The molecule has 1 amide bonds. The molecule has 0 saturated carbocycles. The molecule has 2 heterocycles. The highest BCUT2D eigenvalue weighted by molar-refractivity contribution is 5.76. The van der Waals surface area contributed by atoms with Crippen molar-refractivity contribution in [3.8, 4) is 0 Å². The summed E-state index contributed by atoms with van der Waals surface area (Å²) in [5, 5.41) is 3.33. The van der Waals surface area contributed by atoms with E-state index in [1.165, 1.54) is 0 Å². The number of benzene rings is 1. The number of likely N-dealkylation sites (tertiary alicyclic amines) is 1. The number of nitrogens with one attached hydrogen (secondary N) is 1. The Morgan fingerprint density at radius 2 is 2.05 bits per heavy atom. The summed E-state index contributed by atoms with van der Waals surface area (Å²) in [7, 11) is 2.03. The molecule has 0 aliphatic carbocycles. The van der Waals surface area contributed by atoms with E-state index in [-0.39, 0.29) is 5.91 Å². The van der Waals surface area contributed by atoms with Gasteiger partial charge in [-0.05, 0) is 25.0 Å². The molecule has 1 aliphatic rings. The van der Waals surface area contributed by atoms with Gasteiger partial charge in [0.05, 0.1) is 17.6 Å². The molecule has 3 rings (SSSR count). The molecule has 1 aliphatic heterocycles. The predicted octanol–water partition coefficient (Wildman–Crippen LogP) is 1.68. The van der Waals surface area contributed by atoms with E-state index in [1.54, 1.807) is 0 Å². The van der Waals surface area contributed by atoms with E-state index in [9.17, 15) is 4.79 Å². The fourth-order valence-electron chi connectivity index (χ4n) is 2.87. The molecule has 1 fully saturated rings. The third kappa shape index (κ3) is 3.08. The van der Waals surface area contributed by atoms with E-state index >= 15 is 0 Å². The maximum Gasteiger partial charge on any atom is 0.223 e. The van der Waals surface area contributed by atoms with Crippen LogP contribution in [0.3, 0.4) is 0 Å². The van der Waals surface area contributed by atoms with Crippen molar-refractivity contribution in [2.75, 3.05) is 19.6 Å². The molecule has 0 radical (unpaired) electrons. The quantitative estimate of drug-likeness (QED) is 0.851. The SMILES string of the molecule is Cn1c(CNCCC(=O)N2CCCC2)nc2ccccc21. The predicted molar refractivity (Wildman–Crippen MR) is 82.9 cm³/mol. The zero-order valence-electron chi connectivity index (χ0n) is 12.5. The van der Waals surface area contributed by atoms with Gasteiger partial charge >= 0.3 is 0 Å². The number of hydrogen-bond acceptors (Lipinski definition) is 3. The fourth-order valence-corrected chi connectivity index (χ4v) is 2.87. The smallest absolute Gasteiger partial charge is 0.223 e. The van der Waals surface area contributed by atoms with Crippen LogP contribution in [-0.4, -0.2) is 40.0 Å². The van der Waals surface area contributed by atoms with Crippen LogP contribution in [0.1, 0.15) is 25.1 Å². The summed E-state index contributed by atoms with van der Waals surface area (Å²) in [6.45, 7) is 3.27. The zero-order valence-corrected chi connectivity index (χ0v) is 12.5. The van der Waals surface area contributed by atoms with E-state index in [0.29, 0.717) is 19.5 Å². The van der Waals surface area contributed by atoms with Crippen molar-refractivity contribution in [3.63, 3.8) is 0 Å². The largest absolute Gasteiger partial charge is 0.343 e. The van der Waals surface area contributed by atoms with Crippen molar-refractivity contribution >= 4 is 16.9 Å². The summed E-state index contributed by atoms with van der Waals surface area (Å²) < 4.78 is 2.10. The highest BCUT2D eigenvalue weighted by atomic mass is 16.2. The van der Waals surface area contributed by atoms with Gasteiger partial charge in [0.2, 0.25) is 5.91 Å². The molecule has 5 heteroatoms. The lowest BCUT2D eigenvalue weighted by molar-refractivity contribution is -0.130. The number of para-hydroxylation sites is 2. The summed E-state index contributed by atoms with van der Waals surface area (Å²) in [5.41, 5.74) is 2.16. The molecule has 0 unspecified atom stereocenters. The van der Waals surface area contributed by atoms with Crippen molar-refractivity contribution in [1.29, 1.82) is 0 Å².